The van der Waals surface area contributed by atoms with Gasteiger partial charge in [0.15, 0.2) is 6.61 Å². The number of rotatable bonds is 9. The maximum atomic E-state index is 11.7. The van der Waals surface area contributed by atoms with Gasteiger partial charge in [-0.3, -0.25) is 14.4 Å². The summed E-state index contributed by atoms with van der Waals surface area (Å²) in [6, 6.07) is 4.77. The normalized spacial score (nSPS) is 10.1. The number of nitrogens with one attached hydrogen (secondary N) is 1. The number of benzene rings is 1. The smallest absolute Gasteiger partial charge is 0.310 e. The molecule has 0 spiro atoms. The Kier molecular flexibility index (Phi) is 9.19. The first-order valence-corrected chi connectivity index (χ1v) is 8.19. The number of carbonyl (C=O) groups is 3. The van der Waals surface area contributed by atoms with Crippen LogP contribution in [0.4, 0.5) is 0 Å². The summed E-state index contributed by atoms with van der Waals surface area (Å²) >= 11 is 11.7. The van der Waals surface area contributed by atoms with E-state index in [9.17, 15) is 14.4 Å². The zero-order chi connectivity index (χ0) is 17.9. The Morgan fingerprint density at radius 3 is 2.54 bits per heavy atom. The van der Waals surface area contributed by atoms with E-state index >= 15 is 0 Å². The molecular weight excluding hydrogens is 357 g/mol. The molecule has 1 N–H and O–H groups in total. The first kappa shape index (κ1) is 20.3. The Balaban J connectivity index is 2.21. The van der Waals surface area contributed by atoms with Gasteiger partial charge in [0.05, 0.1) is 13.0 Å². The van der Waals surface area contributed by atoms with Crippen LogP contribution in [0.5, 0.6) is 0 Å². The molecule has 0 unspecified atom stereocenters. The SMILES string of the molecule is CCOC(=O)CCCNC(=O)COC(=O)Cc1ccc(Cl)cc1Cl. The monoisotopic (exact) mass is 375 g/mol. The van der Waals surface area contributed by atoms with Gasteiger partial charge in [-0.25, -0.2) is 0 Å². The van der Waals surface area contributed by atoms with Crippen LogP contribution in [0, 0.1) is 0 Å². The molecule has 0 bridgehead atoms. The molecule has 8 heteroatoms. The third-order valence-corrected chi connectivity index (χ3v) is 3.49. The number of hydrogen-bond acceptors (Lipinski definition) is 5. The molecule has 24 heavy (non-hydrogen) atoms. The van der Waals surface area contributed by atoms with E-state index in [4.69, 9.17) is 32.7 Å². The minimum absolute atomic E-state index is 0.0495. The van der Waals surface area contributed by atoms with Crippen LogP contribution in [-0.2, 0) is 30.3 Å². The second-order valence-corrected chi connectivity index (χ2v) is 5.68. The van der Waals surface area contributed by atoms with Crippen LogP contribution in [0.1, 0.15) is 25.3 Å². The van der Waals surface area contributed by atoms with Gasteiger partial charge in [0.1, 0.15) is 0 Å². The molecule has 0 heterocycles. The van der Waals surface area contributed by atoms with Crippen LogP contribution in [0.3, 0.4) is 0 Å². The number of halogens is 2. The number of ether oxygens (including phenoxy) is 2. The molecule has 0 radical (unpaired) electrons. The van der Waals surface area contributed by atoms with Crippen molar-refractivity contribution >= 4 is 41.0 Å². The van der Waals surface area contributed by atoms with Gasteiger partial charge in [-0.2, -0.15) is 0 Å². The summed E-state index contributed by atoms with van der Waals surface area (Å²) in [6.07, 6.45) is 0.633. The van der Waals surface area contributed by atoms with Crippen molar-refractivity contribution in [1.29, 1.82) is 0 Å². The first-order chi connectivity index (χ1) is 11.4. The van der Waals surface area contributed by atoms with Gasteiger partial charge in [0, 0.05) is 23.0 Å². The van der Waals surface area contributed by atoms with Gasteiger partial charge in [-0.1, -0.05) is 29.3 Å². The van der Waals surface area contributed by atoms with Gasteiger partial charge in [0.25, 0.3) is 5.91 Å². The minimum atomic E-state index is -0.569. The Morgan fingerprint density at radius 1 is 1.12 bits per heavy atom. The van der Waals surface area contributed by atoms with E-state index in [0.29, 0.717) is 35.2 Å². The quantitative estimate of drug-likeness (QED) is 0.529. The van der Waals surface area contributed by atoms with Crippen molar-refractivity contribution in [2.45, 2.75) is 26.2 Å². The minimum Gasteiger partial charge on any atom is -0.466 e. The molecule has 6 nitrogen and oxygen atoms in total. The largest absolute Gasteiger partial charge is 0.466 e. The molecule has 1 aromatic carbocycles. The standard InChI is InChI=1S/C16H19Cl2NO5/c1-2-23-15(21)4-3-7-19-14(20)10-24-16(22)8-11-5-6-12(17)9-13(11)18/h5-6,9H,2-4,7-8,10H2,1H3,(H,19,20). The maximum Gasteiger partial charge on any atom is 0.310 e. The summed E-state index contributed by atoms with van der Waals surface area (Å²) in [7, 11) is 0. The number of carbonyl (C=O) groups excluding carboxylic acids is 3. The molecule has 0 aliphatic heterocycles. The molecule has 132 valence electrons. The molecule has 0 fully saturated rings. The number of esters is 2. The summed E-state index contributed by atoms with van der Waals surface area (Å²) < 4.78 is 9.64. The fraction of sp³-hybridized carbons (Fsp3) is 0.438. The van der Waals surface area contributed by atoms with E-state index in [0.717, 1.165) is 0 Å². The molecule has 0 atom stereocenters. The number of hydrogen-bond donors (Lipinski definition) is 1. The molecule has 0 saturated heterocycles. The lowest BCUT2D eigenvalue weighted by molar-refractivity contribution is -0.147. The van der Waals surface area contributed by atoms with E-state index in [1.807, 2.05) is 0 Å². The van der Waals surface area contributed by atoms with Crippen molar-refractivity contribution in [1.82, 2.24) is 5.32 Å². The van der Waals surface area contributed by atoms with Gasteiger partial charge >= 0.3 is 11.9 Å². The Morgan fingerprint density at radius 2 is 1.88 bits per heavy atom. The van der Waals surface area contributed by atoms with Crippen molar-refractivity contribution in [3.05, 3.63) is 33.8 Å². The second kappa shape index (κ2) is 10.9. The lowest BCUT2D eigenvalue weighted by Crippen LogP contribution is -2.30. The van der Waals surface area contributed by atoms with Crippen LogP contribution in [0.15, 0.2) is 18.2 Å². The zero-order valence-corrected chi connectivity index (χ0v) is 14.8. The van der Waals surface area contributed by atoms with Crippen LogP contribution in [0.25, 0.3) is 0 Å². The lowest BCUT2D eigenvalue weighted by Gasteiger charge is -2.07. The molecule has 1 rings (SSSR count). The highest BCUT2D eigenvalue weighted by Gasteiger charge is 2.11. The molecular formula is C16H19Cl2NO5. The summed E-state index contributed by atoms with van der Waals surface area (Å²) in [4.78, 5) is 34.3. The van der Waals surface area contributed by atoms with Crippen molar-refractivity contribution in [2.75, 3.05) is 19.8 Å². The van der Waals surface area contributed by atoms with Crippen LogP contribution in [-0.4, -0.2) is 37.6 Å². The zero-order valence-electron chi connectivity index (χ0n) is 13.3. The Labute approximate surface area is 150 Å². The highest BCUT2D eigenvalue weighted by atomic mass is 35.5. The summed E-state index contributed by atoms with van der Waals surface area (Å²) in [5, 5.41) is 3.39. The molecule has 1 amide bonds. The fourth-order valence-electron chi connectivity index (χ4n) is 1.76. The average molecular weight is 376 g/mol. The third kappa shape index (κ3) is 8.17. The van der Waals surface area contributed by atoms with E-state index < -0.39 is 11.9 Å². The van der Waals surface area contributed by atoms with E-state index in [1.54, 1.807) is 19.1 Å². The molecule has 1 aromatic rings. The average Bonchev–Trinajstić information content (AvgIpc) is 2.52. The van der Waals surface area contributed by atoms with Gasteiger partial charge in [-0.15, -0.1) is 0 Å². The van der Waals surface area contributed by atoms with Gasteiger partial charge in [-0.05, 0) is 31.0 Å². The summed E-state index contributed by atoms with van der Waals surface area (Å²) in [6.45, 7) is 1.98. The van der Waals surface area contributed by atoms with E-state index in [2.05, 4.69) is 5.32 Å². The Hall–Kier alpha value is -1.79. The Bertz CT molecular complexity index is 592. The fourth-order valence-corrected chi connectivity index (χ4v) is 2.24. The number of amides is 1. The van der Waals surface area contributed by atoms with E-state index in [1.165, 1.54) is 6.07 Å². The van der Waals surface area contributed by atoms with Crippen molar-refractivity contribution in [3.8, 4) is 0 Å². The van der Waals surface area contributed by atoms with Crippen LogP contribution >= 0.6 is 23.2 Å². The molecule has 0 aliphatic rings. The van der Waals surface area contributed by atoms with Crippen molar-refractivity contribution in [2.24, 2.45) is 0 Å². The highest BCUT2D eigenvalue weighted by molar-refractivity contribution is 6.35. The predicted molar refractivity (Wildman–Crippen MR) is 90.0 cm³/mol. The topological polar surface area (TPSA) is 81.7 Å². The first-order valence-electron chi connectivity index (χ1n) is 7.44. The third-order valence-electron chi connectivity index (χ3n) is 2.90. The predicted octanol–water partition coefficient (Wildman–Crippen LogP) is 2.54. The van der Waals surface area contributed by atoms with Gasteiger partial charge < -0.3 is 14.8 Å². The summed E-state index contributed by atoms with van der Waals surface area (Å²) in [5.41, 5.74) is 0.570. The van der Waals surface area contributed by atoms with Crippen LogP contribution in [0.2, 0.25) is 10.0 Å². The summed E-state index contributed by atoms with van der Waals surface area (Å²) in [5.74, 6) is -1.31. The van der Waals surface area contributed by atoms with Gasteiger partial charge in [0.2, 0.25) is 0 Å². The van der Waals surface area contributed by atoms with Crippen molar-refractivity contribution < 1.29 is 23.9 Å². The molecule has 0 aromatic heterocycles. The molecule has 0 saturated carbocycles. The lowest BCUT2D eigenvalue weighted by atomic mass is 10.1. The molecule has 0 aliphatic carbocycles. The van der Waals surface area contributed by atoms with Crippen LogP contribution < -0.4 is 5.32 Å². The highest BCUT2D eigenvalue weighted by Crippen LogP contribution is 2.21. The second-order valence-electron chi connectivity index (χ2n) is 4.83. The maximum absolute atomic E-state index is 11.7. The van der Waals surface area contributed by atoms with Crippen molar-refractivity contribution in [3.63, 3.8) is 0 Å². The van der Waals surface area contributed by atoms with E-state index in [-0.39, 0.29) is 25.4 Å².